The molecule has 4 heteroatoms. The lowest BCUT2D eigenvalue weighted by Crippen LogP contribution is -2.35. The second-order valence-corrected chi connectivity index (χ2v) is 5.88. The predicted molar refractivity (Wildman–Crippen MR) is 82.9 cm³/mol. The summed E-state index contributed by atoms with van der Waals surface area (Å²) in [6.07, 6.45) is 10.0. The number of carbonyl (C=O) groups is 1. The first kappa shape index (κ1) is 17.4. The molecule has 0 atom stereocenters. The molecule has 0 aromatic rings. The van der Waals surface area contributed by atoms with Crippen LogP contribution in [-0.2, 0) is 9.53 Å². The SMILES string of the molecule is CCCCOC(=O)CNCCCN(C)C1CCCCC1. The van der Waals surface area contributed by atoms with Crippen molar-refractivity contribution in [2.24, 2.45) is 0 Å². The summed E-state index contributed by atoms with van der Waals surface area (Å²) in [4.78, 5) is 13.9. The molecule has 0 saturated heterocycles. The third-order valence-corrected chi connectivity index (χ3v) is 4.09. The van der Waals surface area contributed by atoms with Crippen LogP contribution in [0.3, 0.4) is 0 Å². The first-order valence-electron chi connectivity index (χ1n) is 8.30. The van der Waals surface area contributed by atoms with Crippen LogP contribution in [0.4, 0.5) is 0 Å². The summed E-state index contributed by atoms with van der Waals surface area (Å²) in [5, 5.41) is 3.17. The van der Waals surface area contributed by atoms with Gasteiger partial charge in [-0.1, -0.05) is 32.6 Å². The fourth-order valence-electron chi connectivity index (χ4n) is 2.73. The fourth-order valence-corrected chi connectivity index (χ4v) is 2.73. The maximum Gasteiger partial charge on any atom is 0.319 e. The predicted octanol–water partition coefficient (Wildman–Crippen LogP) is 2.57. The van der Waals surface area contributed by atoms with Crippen molar-refractivity contribution in [2.75, 3.05) is 33.3 Å². The fraction of sp³-hybridized carbons (Fsp3) is 0.938. The molecule has 4 nitrogen and oxygen atoms in total. The highest BCUT2D eigenvalue weighted by molar-refractivity contribution is 5.71. The monoisotopic (exact) mass is 284 g/mol. The number of esters is 1. The van der Waals surface area contributed by atoms with Crippen molar-refractivity contribution in [1.29, 1.82) is 0 Å². The molecule has 0 aromatic carbocycles. The Balaban J connectivity index is 1.94. The Morgan fingerprint density at radius 3 is 2.70 bits per heavy atom. The topological polar surface area (TPSA) is 41.6 Å². The van der Waals surface area contributed by atoms with Gasteiger partial charge in [0.1, 0.15) is 0 Å². The van der Waals surface area contributed by atoms with Crippen LogP contribution in [-0.4, -0.2) is 50.2 Å². The number of carbonyl (C=O) groups excluding carboxylic acids is 1. The van der Waals surface area contributed by atoms with Gasteiger partial charge in [-0.3, -0.25) is 4.79 Å². The molecule has 1 fully saturated rings. The molecule has 1 aliphatic carbocycles. The minimum Gasteiger partial charge on any atom is -0.465 e. The summed E-state index contributed by atoms with van der Waals surface area (Å²) in [6.45, 7) is 5.00. The normalized spacial score (nSPS) is 16.6. The molecule has 1 saturated carbocycles. The molecule has 0 radical (unpaired) electrons. The standard InChI is InChI=1S/C16H32N2O2/c1-3-4-13-20-16(19)14-17-11-8-12-18(2)15-9-6-5-7-10-15/h15,17H,3-14H2,1-2H3. The zero-order valence-corrected chi connectivity index (χ0v) is 13.3. The average molecular weight is 284 g/mol. The van der Waals surface area contributed by atoms with Crippen LogP contribution in [0.5, 0.6) is 0 Å². The van der Waals surface area contributed by atoms with E-state index in [9.17, 15) is 4.79 Å². The van der Waals surface area contributed by atoms with E-state index < -0.39 is 0 Å². The molecule has 0 unspecified atom stereocenters. The van der Waals surface area contributed by atoms with Gasteiger partial charge in [0.05, 0.1) is 13.2 Å². The Kier molecular flexibility index (Phi) is 9.67. The van der Waals surface area contributed by atoms with Gasteiger partial charge >= 0.3 is 5.97 Å². The first-order chi connectivity index (χ1) is 9.74. The maximum absolute atomic E-state index is 11.4. The van der Waals surface area contributed by atoms with Crippen LogP contribution in [0.25, 0.3) is 0 Å². The minimum absolute atomic E-state index is 0.126. The van der Waals surface area contributed by atoms with Crippen molar-refractivity contribution in [3.63, 3.8) is 0 Å². The van der Waals surface area contributed by atoms with Gasteiger partial charge in [-0.05, 0) is 45.8 Å². The smallest absolute Gasteiger partial charge is 0.319 e. The lowest BCUT2D eigenvalue weighted by molar-refractivity contribution is -0.142. The molecule has 0 bridgehead atoms. The molecule has 0 heterocycles. The Morgan fingerprint density at radius 1 is 1.25 bits per heavy atom. The number of ether oxygens (including phenoxy) is 1. The van der Waals surface area contributed by atoms with Crippen LogP contribution in [0.1, 0.15) is 58.3 Å². The number of nitrogens with zero attached hydrogens (tertiary/aromatic N) is 1. The average Bonchev–Trinajstić information content (AvgIpc) is 2.48. The number of hydrogen-bond acceptors (Lipinski definition) is 4. The Bertz CT molecular complexity index is 253. The maximum atomic E-state index is 11.4. The Hall–Kier alpha value is -0.610. The summed E-state index contributed by atoms with van der Waals surface area (Å²) < 4.78 is 5.09. The van der Waals surface area contributed by atoms with Gasteiger partial charge in [0.2, 0.25) is 0 Å². The molecule has 20 heavy (non-hydrogen) atoms. The van der Waals surface area contributed by atoms with E-state index in [0.717, 1.165) is 38.4 Å². The van der Waals surface area contributed by atoms with E-state index in [1.807, 2.05) is 0 Å². The van der Waals surface area contributed by atoms with Crippen LogP contribution < -0.4 is 5.32 Å². The molecular weight excluding hydrogens is 252 g/mol. The van der Waals surface area contributed by atoms with Gasteiger partial charge in [0.15, 0.2) is 0 Å². The molecule has 118 valence electrons. The molecule has 0 aromatic heterocycles. The van der Waals surface area contributed by atoms with Crippen LogP contribution >= 0.6 is 0 Å². The van der Waals surface area contributed by atoms with Gasteiger partial charge < -0.3 is 15.0 Å². The molecule has 1 rings (SSSR count). The van der Waals surface area contributed by atoms with Gasteiger partial charge in [-0.15, -0.1) is 0 Å². The largest absolute Gasteiger partial charge is 0.465 e. The van der Waals surface area contributed by atoms with E-state index >= 15 is 0 Å². The van der Waals surface area contributed by atoms with Crippen molar-refractivity contribution in [1.82, 2.24) is 10.2 Å². The third kappa shape index (κ3) is 7.85. The van der Waals surface area contributed by atoms with Gasteiger partial charge in [-0.25, -0.2) is 0 Å². The molecule has 1 aliphatic rings. The van der Waals surface area contributed by atoms with Crippen LogP contribution in [0, 0.1) is 0 Å². The van der Waals surface area contributed by atoms with Gasteiger partial charge in [0, 0.05) is 6.04 Å². The van der Waals surface area contributed by atoms with Crippen molar-refractivity contribution >= 4 is 5.97 Å². The summed E-state index contributed by atoms with van der Waals surface area (Å²) in [5.74, 6) is -0.126. The summed E-state index contributed by atoms with van der Waals surface area (Å²) in [5.41, 5.74) is 0. The van der Waals surface area contributed by atoms with Crippen molar-refractivity contribution in [3.05, 3.63) is 0 Å². The van der Waals surface area contributed by atoms with E-state index in [4.69, 9.17) is 4.74 Å². The van der Waals surface area contributed by atoms with Crippen molar-refractivity contribution < 1.29 is 9.53 Å². The molecule has 0 amide bonds. The number of nitrogens with one attached hydrogen (secondary N) is 1. The van der Waals surface area contributed by atoms with E-state index in [0.29, 0.717) is 13.2 Å². The highest BCUT2D eigenvalue weighted by Crippen LogP contribution is 2.21. The molecule has 0 spiro atoms. The lowest BCUT2D eigenvalue weighted by Gasteiger charge is -2.31. The van der Waals surface area contributed by atoms with Crippen LogP contribution in [0.15, 0.2) is 0 Å². The Morgan fingerprint density at radius 2 is 2.00 bits per heavy atom. The van der Waals surface area contributed by atoms with E-state index in [2.05, 4.69) is 24.2 Å². The molecular formula is C16H32N2O2. The Labute approximate surface area is 124 Å². The zero-order valence-electron chi connectivity index (χ0n) is 13.3. The second kappa shape index (κ2) is 11.1. The highest BCUT2D eigenvalue weighted by atomic mass is 16.5. The number of hydrogen-bond donors (Lipinski definition) is 1. The summed E-state index contributed by atoms with van der Waals surface area (Å²) in [7, 11) is 2.23. The highest BCUT2D eigenvalue weighted by Gasteiger charge is 2.17. The minimum atomic E-state index is -0.126. The molecule has 1 N–H and O–H groups in total. The van der Waals surface area contributed by atoms with Crippen molar-refractivity contribution in [2.45, 2.75) is 64.3 Å². The first-order valence-corrected chi connectivity index (χ1v) is 8.30. The summed E-state index contributed by atoms with van der Waals surface area (Å²) in [6, 6.07) is 0.780. The van der Waals surface area contributed by atoms with E-state index in [1.54, 1.807) is 0 Å². The van der Waals surface area contributed by atoms with Gasteiger partial charge in [-0.2, -0.15) is 0 Å². The van der Waals surface area contributed by atoms with E-state index in [1.165, 1.54) is 32.1 Å². The van der Waals surface area contributed by atoms with Gasteiger partial charge in [0.25, 0.3) is 0 Å². The number of rotatable bonds is 10. The van der Waals surface area contributed by atoms with E-state index in [-0.39, 0.29) is 5.97 Å². The van der Waals surface area contributed by atoms with Crippen molar-refractivity contribution in [3.8, 4) is 0 Å². The summed E-state index contributed by atoms with van der Waals surface area (Å²) >= 11 is 0. The third-order valence-electron chi connectivity index (χ3n) is 4.09. The second-order valence-electron chi connectivity index (χ2n) is 5.88. The molecule has 0 aliphatic heterocycles. The number of unbranched alkanes of at least 4 members (excludes halogenated alkanes) is 1. The zero-order chi connectivity index (χ0) is 14.6. The van der Waals surface area contributed by atoms with Crippen LogP contribution in [0.2, 0.25) is 0 Å². The quantitative estimate of drug-likeness (QED) is 0.494. The lowest BCUT2D eigenvalue weighted by atomic mass is 9.94.